The van der Waals surface area contributed by atoms with Gasteiger partial charge in [-0.15, -0.1) is 0 Å². The van der Waals surface area contributed by atoms with Crippen LogP contribution in [0.1, 0.15) is 20.7 Å². The van der Waals surface area contributed by atoms with Crippen LogP contribution in [0.3, 0.4) is 0 Å². The van der Waals surface area contributed by atoms with Crippen LogP contribution < -0.4 is 18.9 Å². The predicted octanol–water partition coefficient (Wildman–Crippen LogP) is 2.64. The van der Waals surface area contributed by atoms with E-state index in [2.05, 4.69) is 0 Å². The lowest BCUT2D eigenvalue weighted by atomic mass is 10.2. The first-order chi connectivity index (χ1) is 20.8. The van der Waals surface area contributed by atoms with Crippen LogP contribution in [-0.2, 0) is 28.4 Å². The lowest BCUT2D eigenvalue weighted by molar-refractivity contribution is 0.00425. The Morgan fingerprint density at radius 2 is 0.571 bits per heavy atom. The quantitative estimate of drug-likeness (QED) is 0.476. The number of carbonyl (C=O) groups is 2. The van der Waals surface area contributed by atoms with Crippen molar-refractivity contribution < 1.29 is 57.0 Å². The molecule has 42 heavy (non-hydrogen) atoms. The number of carbonyl (C=O) groups excluding carboxylic acids is 2. The molecule has 0 amide bonds. The number of hydrogen-bond donors (Lipinski definition) is 0. The second kappa shape index (κ2) is 21.4. The molecule has 1 aliphatic rings. The molecule has 0 unspecified atom stereocenters. The van der Waals surface area contributed by atoms with Crippen molar-refractivity contribution in [1.82, 2.24) is 0 Å². The second-order valence-electron chi connectivity index (χ2n) is 8.64. The highest BCUT2D eigenvalue weighted by Crippen LogP contribution is 2.27. The Labute approximate surface area is 246 Å². The zero-order valence-corrected chi connectivity index (χ0v) is 23.8. The van der Waals surface area contributed by atoms with E-state index in [1.807, 2.05) is 0 Å². The summed E-state index contributed by atoms with van der Waals surface area (Å²) in [6.45, 7) is 5.55. The van der Waals surface area contributed by atoms with Crippen LogP contribution in [0.2, 0.25) is 0 Å². The fraction of sp³-hybridized carbons (Fsp3) is 0.533. The molecule has 0 spiro atoms. The lowest BCUT2D eigenvalue weighted by Crippen LogP contribution is -2.15. The lowest BCUT2D eigenvalue weighted by Gasteiger charge is -2.14. The highest BCUT2D eigenvalue weighted by Gasteiger charge is 2.12. The molecule has 0 N–H and O–H groups in total. The highest BCUT2D eigenvalue weighted by atomic mass is 16.6. The summed E-state index contributed by atoms with van der Waals surface area (Å²) < 4.78 is 56.0. The van der Waals surface area contributed by atoms with Crippen molar-refractivity contribution in [3.8, 4) is 23.0 Å². The van der Waals surface area contributed by atoms with Crippen LogP contribution in [-0.4, -0.2) is 118 Å². The van der Waals surface area contributed by atoms with Crippen molar-refractivity contribution in [2.24, 2.45) is 0 Å². The maximum absolute atomic E-state index is 11.7. The zero-order chi connectivity index (χ0) is 29.5. The maximum Gasteiger partial charge on any atom is 0.157 e. The van der Waals surface area contributed by atoms with Gasteiger partial charge in [-0.2, -0.15) is 0 Å². The van der Waals surface area contributed by atoms with E-state index < -0.39 is 0 Å². The van der Waals surface area contributed by atoms with Gasteiger partial charge in [-0.3, -0.25) is 9.59 Å². The molecule has 4 bridgehead atoms. The highest BCUT2D eigenvalue weighted by molar-refractivity contribution is 5.84. The smallest absolute Gasteiger partial charge is 0.157 e. The van der Waals surface area contributed by atoms with Gasteiger partial charge in [-0.05, 0) is 24.3 Å². The van der Waals surface area contributed by atoms with Crippen molar-refractivity contribution in [2.75, 3.05) is 106 Å². The van der Waals surface area contributed by atoms with Crippen LogP contribution in [0.4, 0.5) is 0 Å². The summed E-state index contributed by atoms with van der Waals surface area (Å²) >= 11 is 0. The van der Waals surface area contributed by atoms with E-state index in [0.717, 1.165) is 0 Å². The molecule has 0 aromatic heterocycles. The molecular formula is C30H40O12. The van der Waals surface area contributed by atoms with Gasteiger partial charge in [0.15, 0.2) is 12.6 Å². The largest absolute Gasteiger partial charge is 0.490 e. The molecule has 2 aromatic carbocycles. The monoisotopic (exact) mass is 592 g/mol. The summed E-state index contributed by atoms with van der Waals surface area (Å²) in [7, 11) is 0. The summed E-state index contributed by atoms with van der Waals surface area (Å²) in [5.41, 5.74) is 0.673. The van der Waals surface area contributed by atoms with Crippen molar-refractivity contribution in [2.45, 2.75) is 0 Å². The number of benzene rings is 2. The van der Waals surface area contributed by atoms with E-state index in [9.17, 15) is 9.59 Å². The molecule has 0 radical (unpaired) electrons. The SMILES string of the molecule is O=Cc1c2cccc1OCCOCCOCCOCCOc1cccc(c1C=O)OCCOCCOCCOCCO2. The summed E-state index contributed by atoms with van der Waals surface area (Å²) in [6.07, 6.45) is 1.42. The molecule has 0 aliphatic carbocycles. The Morgan fingerprint density at radius 1 is 0.357 bits per heavy atom. The Hall–Kier alpha value is -3.26. The first kappa shape index (κ1) is 33.2. The molecule has 12 nitrogen and oxygen atoms in total. The van der Waals surface area contributed by atoms with E-state index in [0.29, 0.717) is 126 Å². The Bertz CT molecular complexity index is 885. The normalized spacial score (nSPS) is 18.3. The van der Waals surface area contributed by atoms with E-state index >= 15 is 0 Å². The van der Waals surface area contributed by atoms with Crippen molar-refractivity contribution in [3.63, 3.8) is 0 Å². The molecule has 232 valence electrons. The van der Waals surface area contributed by atoms with Crippen molar-refractivity contribution in [3.05, 3.63) is 47.5 Å². The van der Waals surface area contributed by atoms with Gasteiger partial charge in [0, 0.05) is 0 Å². The average Bonchev–Trinajstić information content (AvgIpc) is 3.01. The molecule has 2 aromatic rings. The van der Waals surface area contributed by atoms with Crippen LogP contribution >= 0.6 is 0 Å². The van der Waals surface area contributed by atoms with Gasteiger partial charge in [-0.25, -0.2) is 0 Å². The van der Waals surface area contributed by atoms with Gasteiger partial charge in [0.2, 0.25) is 0 Å². The Kier molecular flexibility index (Phi) is 17.0. The molecule has 0 saturated heterocycles. The second-order valence-corrected chi connectivity index (χ2v) is 8.64. The first-order valence-electron chi connectivity index (χ1n) is 14.0. The van der Waals surface area contributed by atoms with Crippen LogP contribution in [0.5, 0.6) is 23.0 Å². The number of aldehydes is 2. The molecule has 3 rings (SSSR count). The van der Waals surface area contributed by atoms with Gasteiger partial charge >= 0.3 is 0 Å². The van der Waals surface area contributed by atoms with Gasteiger partial charge in [0.05, 0.1) is 90.4 Å². The van der Waals surface area contributed by atoms with Gasteiger partial charge in [-0.1, -0.05) is 12.1 Å². The van der Waals surface area contributed by atoms with Gasteiger partial charge in [0.1, 0.15) is 49.4 Å². The molecular weight excluding hydrogens is 552 g/mol. The number of ether oxygens (including phenoxy) is 10. The van der Waals surface area contributed by atoms with E-state index in [1.165, 1.54) is 0 Å². The topological polar surface area (TPSA) is 126 Å². The minimum atomic E-state index is 0.266. The fourth-order valence-electron chi connectivity index (χ4n) is 3.71. The van der Waals surface area contributed by atoms with E-state index in [1.54, 1.807) is 36.4 Å². The molecule has 0 atom stereocenters. The first-order valence-corrected chi connectivity index (χ1v) is 14.0. The molecule has 0 saturated carbocycles. The summed E-state index contributed by atoms with van der Waals surface area (Å²) in [6, 6.07) is 10.4. The Morgan fingerprint density at radius 3 is 0.786 bits per heavy atom. The maximum atomic E-state index is 11.7. The third-order valence-corrected chi connectivity index (χ3v) is 5.72. The van der Waals surface area contributed by atoms with E-state index in [-0.39, 0.29) is 26.4 Å². The molecule has 1 heterocycles. The summed E-state index contributed by atoms with van der Waals surface area (Å²) in [4.78, 5) is 23.3. The Balaban J connectivity index is 1.44. The summed E-state index contributed by atoms with van der Waals surface area (Å²) in [5.74, 6) is 1.70. The number of fused-ring (bicyclic) bond motifs is 4. The van der Waals surface area contributed by atoms with Crippen molar-refractivity contribution in [1.29, 1.82) is 0 Å². The van der Waals surface area contributed by atoms with Crippen molar-refractivity contribution >= 4 is 12.6 Å². The van der Waals surface area contributed by atoms with Gasteiger partial charge < -0.3 is 47.4 Å². The minimum absolute atomic E-state index is 0.266. The third kappa shape index (κ3) is 12.7. The van der Waals surface area contributed by atoms with Crippen LogP contribution in [0.15, 0.2) is 36.4 Å². The zero-order valence-electron chi connectivity index (χ0n) is 23.8. The molecule has 1 aliphatic heterocycles. The molecule has 12 heteroatoms. The standard InChI is InChI=1S/C30H40O12/c31-23-25-27-3-1-4-28(25)40-20-16-36-12-8-34-10-14-38-18-22-42-30-6-2-5-29(26(30)24-32)41-21-17-37-13-9-33-7-11-35-15-19-39-27/h1-6,23-24H,7-22H2. The predicted molar refractivity (Wildman–Crippen MR) is 151 cm³/mol. The third-order valence-electron chi connectivity index (χ3n) is 5.72. The van der Waals surface area contributed by atoms with E-state index in [4.69, 9.17) is 47.4 Å². The van der Waals surface area contributed by atoms with Crippen LogP contribution in [0.25, 0.3) is 0 Å². The minimum Gasteiger partial charge on any atom is -0.490 e. The van der Waals surface area contributed by atoms with Gasteiger partial charge in [0.25, 0.3) is 0 Å². The fourth-order valence-corrected chi connectivity index (χ4v) is 3.71. The average molecular weight is 593 g/mol. The number of rotatable bonds is 2. The van der Waals surface area contributed by atoms with Crippen LogP contribution in [0, 0.1) is 0 Å². The summed E-state index contributed by atoms with van der Waals surface area (Å²) in [5, 5.41) is 0. The number of hydrogen-bond acceptors (Lipinski definition) is 12. The molecule has 0 fully saturated rings.